The van der Waals surface area contributed by atoms with E-state index in [9.17, 15) is 14.3 Å². The molecule has 1 aromatic carbocycles. The Hall–Kier alpha value is -2.56. The van der Waals surface area contributed by atoms with Crippen molar-refractivity contribution < 1.29 is 9.50 Å². The number of rotatable bonds is 4. The summed E-state index contributed by atoms with van der Waals surface area (Å²) in [4.78, 5) is 18.9. The lowest BCUT2D eigenvalue weighted by atomic mass is 10.1. The molecule has 7 heteroatoms. The maximum Gasteiger partial charge on any atom is 0.258 e. The van der Waals surface area contributed by atoms with Crippen LogP contribution in [0, 0.1) is 30.0 Å². The van der Waals surface area contributed by atoms with E-state index in [0.717, 1.165) is 17.0 Å². The van der Waals surface area contributed by atoms with Gasteiger partial charge in [0.1, 0.15) is 5.82 Å². The number of hydrogen-bond acceptors (Lipinski definition) is 5. The van der Waals surface area contributed by atoms with Crippen LogP contribution in [-0.2, 0) is 6.42 Å². The molecule has 5 nitrogen and oxygen atoms in total. The fraction of sp³-hybridized carbons (Fsp3) is 0.316. The van der Waals surface area contributed by atoms with E-state index >= 15 is 0 Å². The first-order valence-corrected chi connectivity index (χ1v) is 9.14. The molecule has 132 valence electrons. The molecule has 2 aromatic heterocycles. The fourth-order valence-electron chi connectivity index (χ4n) is 3.47. The van der Waals surface area contributed by atoms with E-state index in [1.165, 1.54) is 29.5 Å². The van der Waals surface area contributed by atoms with Gasteiger partial charge in [-0.05, 0) is 43.0 Å². The largest absolute Gasteiger partial charge is 0.396 e. The summed E-state index contributed by atoms with van der Waals surface area (Å²) >= 11 is 1.45. The summed E-state index contributed by atoms with van der Waals surface area (Å²) in [7, 11) is 0. The van der Waals surface area contributed by atoms with Gasteiger partial charge in [-0.25, -0.2) is 9.37 Å². The average Bonchev–Trinajstić information content (AvgIpc) is 3.29. The minimum absolute atomic E-state index is 0.127. The molecule has 1 fully saturated rings. The number of nitriles is 1. The number of nitrogens with zero attached hydrogens (tertiary/aromatic N) is 3. The summed E-state index contributed by atoms with van der Waals surface area (Å²) in [5, 5.41) is 18.3. The normalized spacial score (nSPS) is 18.8. The highest BCUT2D eigenvalue weighted by atomic mass is 32.1. The lowest BCUT2D eigenvalue weighted by Crippen LogP contribution is -2.17. The van der Waals surface area contributed by atoms with Gasteiger partial charge in [0.05, 0.1) is 17.3 Å². The first kappa shape index (κ1) is 16.9. The Bertz CT molecular complexity index is 1110. The van der Waals surface area contributed by atoms with Gasteiger partial charge in [-0.15, -0.1) is 11.3 Å². The number of aliphatic hydroxyl groups is 1. The van der Waals surface area contributed by atoms with E-state index in [1.54, 1.807) is 10.5 Å². The minimum atomic E-state index is -0.477. The van der Waals surface area contributed by atoms with Gasteiger partial charge in [0, 0.05) is 35.6 Å². The maximum atomic E-state index is 13.6. The van der Waals surface area contributed by atoms with Crippen molar-refractivity contribution in [2.24, 2.45) is 5.92 Å². The van der Waals surface area contributed by atoms with Crippen LogP contribution >= 0.6 is 11.3 Å². The fourth-order valence-corrected chi connectivity index (χ4v) is 4.53. The highest BCUT2D eigenvalue weighted by Gasteiger charge is 2.41. The Kier molecular flexibility index (Phi) is 4.10. The predicted octanol–water partition coefficient (Wildman–Crippen LogP) is 2.76. The third-order valence-corrected chi connectivity index (χ3v) is 5.74. The van der Waals surface area contributed by atoms with Gasteiger partial charge in [-0.1, -0.05) is 0 Å². The monoisotopic (exact) mass is 369 g/mol. The molecule has 1 aliphatic carbocycles. The molecule has 0 aliphatic heterocycles. The van der Waals surface area contributed by atoms with Gasteiger partial charge in [-0.2, -0.15) is 5.26 Å². The molecule has 0 spiro atoms. The van der Waals surface area contributed by atoms with E-state index < -0.39 is 5.82 Å². The number of fused-ring (bicyclic) bond motifs is 1. The van der Waals surface area contributed by atoms with Crippen molar-refractivity contribution in [1.29, 1.82) is 5.26 Å². The van der Waals surface area contributed by atoms with E-state index in [4.69, 9.17) is 5.26 Å². The average molecular weight is 369 g/mol. The highest BCUT2D eigenvalue weighted by molar-refractivity contribution is 7.17. The third-order valence-electron chi connectivity index (χ3n) is 4.77. The van der Waals surface area contributed by atoms with Gasteiger partial charge in [0.2, 0.25) is 0 Å². The first-order valence-electron chi connectivity index (χ1n) is 8.32. The van der Waals surface area contributed by atoms with Crippen LogP contribution in [0.2, 0.25) is 0 Å². The Morgan fingerprint density at radius 1 is 1.42 bits per heavy atom. The first-order chi connectivity index (χ1) is 12.5. The predicted molar refractivity (Wildman–Crippen MR) is 95.9 cm³/mol. The zero-order valence-corrected chi connectivity index (χ0v) is 14.9. The van der Waals surface area contributed by atoms with Crippen LogP contribution in [0.4, 0.5) is 4.39 Å². The Balaban J connectivity index is 1.74. The van der Waals surface area contributed by atoms with Crippen LogP contribution in [0.15, 0.2) is 29.1 Å². The van der Waals surface area contributed by atoms with E-state index in [2.05, 4.69) is 4.98 Å². The molecule has 0 amide bonds. The molecular formula is C19H16FN3O2S. The molecule has 0 unspecified atom stereocenters. The van der Waals surface area contributed by atoms with E-state index in [-0.39, 0.29) is 36.0 Å². The Morgan fingerprint density at radius 2 is 2.23 bits per heavy atom. The lowest BCUT2D eigenvalue weighted by Gasteiger charge is -2.05. The molecular weight excluding hydrogens is 353 g/mol. The van der Waals surface area contributed by atoms with E-state index in [1.807, 2.05) is 13.0 Å². The molecule has 1 aliphatic rings. The summed E-state index contributed by atoms with van der Waals surface area (Å²) in [6.07, 6.45) is 1.17. The molecule has 1 N–H and O–H groups in total. The number of aliphatic hydroxyl groups excluding tert-OH is 1. The van der Waals surface area contributed by atoms with Crippen LogP contribution in [0.25, 0.3) is 4.96 Å². The van der Waals surface area contributed by atoms with Gasteiger partial charge >= 0.3 is 0 Å². The molecule has 0 radical (unpaired) electrons. The van der Waals surface area contributed by atoms with Crippen LogP contribution in [0.5, 0.6) is 0 Å². The second-order valence-electron chi connectivity index (χ2n) is 6.67. The number of halogens is 1. The third kappa shape index (κ3) is 2.91. The summed E-state index contributed by atoms with van der Waals surface area (Å²) < 4.78 is 15.3. The van der Waals surface area contributed by atoms with Crippen molar-refractivity contribution in [1.82, 2.24) is 9.38 Å². The van der Waals surface area contributed by atoms with Crippen molar-refractivity contribution in [2.45, 2.75) is 25.7 Å². The SMILES string of the molecule is Cc1sc2nc(Cc3cc(F)cc(C#N)c3)cc(=O)n2c1[C@@H]1C[C@H]1CO. The lowest BCUT2D eigenvalue weighted by molar-refractivity contribution is 0.273. The molecule has 3 aromatic rings. The second kappa shape index (κ2) is 6.31. The van der Waals surface area contributed by atoms with Gasteiger partial charge in [0.15, 0.2) is 4.96 Å². The van der Waals surface area contributed by atoms with Crippen molar-refractivity contribution in [3.05, 3.63) is 67.8 Å². The van der Waals surface area contributed by atoms with Gasteiger partial charge in [-0.3, -0.25) is 9.20 Å². The Morgan fingerprint density at radius 3 is 2.92 bits per heavy atom. The maximum absolute atomic E-state index is 13.6. The van der Waals surface area contributed by atoms with Crippen LogP contribution in [-0.4, -0.2) is 21.1 Å². The standard InChI is InChI=1S/C19H16FN3O2S/c1-10-18(16-6-13(16)9-24)23-17(25)7-15(22-19(23)26-10)5-11-2-12(8-21)4-14(20)3-11/h2-4,7,13,16,24H,5-6,9H2,1H3/t13-,16+/m0/s1. The summed E-state index contributed by atoms with van der Waals surface area (Å²) in [5.74, 6) is -0.0508. The molecule has 26 heavy (non-hydrogen) atoms. The van der Waals surface area contributed by atoms with Crippen molar-refractivity contribution in [3.63, 3.8) is 0 Å². The molecule has 4 rings (SSSR count). The highest BCUT2D eigenvalue weighted by Crippen LogP contribution is 2.49. The topological polar surface area (TPSA) is 78.4 Å². The van der Waals surface area contributed by atoms with Crippen molar-refractivity contribution in [3.8, 4) is 6.07 Å². The zero-order valence-electron chi connectivity index (χ0n) is 14.1. The second-order valence-corrected chi connectivity index (χ2v) is 7.85. The Labute approximate surface area is 153 Å². The summed E-state index contributed by atoms with van der Waals surface area (Å²) in [6, 6.07) is 7.53. The summed E-state index contributed by atoms with van der Waals surface area (Å²) in [6.45, 7) is 2.09. The minimum Gasteiger partial charge on any atom is -0.396 e. The number of hydrogen-bond donors (Lipinski definition) is 1. The van der Waals surface area contributed by atoms with E-state index in [0.29, 0.717) is 16.2 Å². The van der Waals surface area contributed by atoms with Crippen LogP contribution < -0.4 is 5.56 Å². The molecule has 0 saturated heterocycles. The van der Waals surface area contributed by atoms with Crippen molar-refractivity contribution in [2.75, 3.05) is 6.61 Å². The van der Waals surface area contributed by atoms with Gasteiger partial charge < -0.3 is 5.11 Å². The number of benzene rings is 1. The molecule has 2 heterocycles. The van der Waals surface area contributed by atoms with Crippen LogP contribution in [0.1, 0.15) is 39.7 Å². The zero-order chi connectivity index (χ0) is 18.4. The van der Waals surface area contributed by atoms with Gasteiger partial charge in [0.25, 0.3) is 5.56 Å². The summed E-state index contributed by atoms with van der Waals surface area (Å²) in [5.41, 5.74) is 2.19. The quantitative estimate of drug-likeness (QED) is 0.767. The number of thiazole rings is 1. The smallest absolute Gasteiger partial charge is 0.258 e. The molecule has 0 bridgehead atoms. The van der Waals surface area contributed by atoms with Crippen molar-refractivity contribution >= 4 is 16.3 Å². The number of aromatic nitrogens is 2. The molecule has 1 saturated carbocycles. The number of aryl methyl sites for hydroxylation is 1. The molecule has 2 atom stereocenters. The van der Waals surface area contributed by atoms with Crippen LogP contribution in [0.3, 0.4) is 0 Å².